The van der Waals surface area contributed by atoms with E-state index in [0.717, 1.165) is 6.54 Å². The molecule has 2 rings (SSSR count). The van der Waals surface area contributed by atoms with Gasteiger partial charge in [-0.25, -0.2) is 0 Å². The van der Waals surface area contributed by atoms with Crippen LogP contribution in [0.15, 0.2) is 40.9 Å². The highest BCUT2D eigenvalue weighted by Gasteiger charge is 2.15. The number of nitrogens with one attached hydrogen (secondary N) is 1. The topological polar surface area (TPSA) is 12.0 Å². The van der Waals surface area contributed by atoms with E-state index in [9.17, 15) is 0 Å². The summed E-state index contributed by atoms with van der Waals surface area (Å²) in [5, 5.41) is 6.27. The second-order valence-corrected chi connectivity index (χ2v) is 6.28. The smallest absolute Gasteiger partial charge is 0.0328 e. The fourth-order valence-electron chi connectivity index (χ4n) is 2.63. The number of benzene rings is 2. The Kier molecular flexibility index (Phi) is 5.00. The minimum atomic E-state index is 0.433. The lowest BCUT2D eigenvalue weighted by Crippen LogP contribution is -2.22. The highest BCUT2D eigenvalue weighted by molar-refractivity contribution is 9.10. The summed E-state index contributed by atoms with van der Waals surface area (Å²) >= 11 is 3.65. The molecule has 102 valence electrons. The predicted molar refractivity (Wildman–Crippen MR) is 87.5 cm³/mol. The zero-order valence-electron chi connectivity index (χ0n) is 11.9. The molecule has 2 aromatic carbocycles. The first kappa shape index (κ1) is 14.5. The molecule has 0 aliphatic carbocycles. The van der Waals surface area contributed by atoms with Crippen LogP contribution in [0.2, 0.25) is 0 Å². The van der Waals surface area contributed by atoms with E-state index in [0.29, 0.717) is 12.0 Å². The molecule has 2 aromatic rings. The molecular weight excluding hydrogens is 298 g/mol. The van der Waals surface area contributed by atoms with E-state index < -0.39 is 0 Å². The Morgan fingerprint density at radius 3 is 2.37 bits per heavy atom. The molecule has 0 fully saturated rings. The lowest BCUT2D eigenvalue weighted by atomic mass is 9.93. The van der Waals surface area contributed by atoms with E-state index >= 15 is 0 Å². The van der Waals surface area contributed by atoms with Crippen molar-refractivity contribution in [1.29, 1.82) is 0 Å². The molecule has 1 unspecified atom stereocenters. The Bertz CT molecular complexity index is 548. The van der Waals surface area contributed by atoms with Gasteiger partial charge in [-0.05, 0) is 41.3 Å². The van der Waals surface area contributed by atoms with Gasteiger partial charge in [-0.2, -0.15) is 0 Å². The molecule has 0 bridgehead atoms. The van der Waals surface area contributed by atoms with Crippen LogP contribution >= 0.6 is 15.9 Å². The van der Waals surface area contributed by atoms with Gasteiger partial charge < -0.3 is 5.32 Å². The molecule has 0 spiro atoms. The van der Waals surface area contributed by atoms with Crippen molar-refractivity contribution >= 4 is 26.7 Å². The summed E-state index contributed by atoms with van der Waals surface area (Å²) in [5.74, 6) is 0.687. The summed E-state index contributed by atoms with van der Waals surface area (Å²) < 4.78 is 1.17. The largest absolute Gasteiger partial charge is 0.310 e. The van der Waals surface area contributed by atoms with Crippen molar-refractivity contribution in [2.75, 3.05) is 6.54 Å². The summed E-state index contributed by atoms with van der Waals surface area (Å²) in [7, 11) is 0. The van der Waals surface area contributed by atoms with Crippen LogP contribution in [0.25, 0.3) is 10.8 Å². The van der Waals surface area contributed by atoms with Gasteiger partial charge in [-0.1, -0.05) is 67.0 Å². The maximum absolute atomic E-state index is 3.65. The van der Waals surface area contributed by atoms with Crippen LogP contribution in [0.3, 0.4) is 0 Å². The van der Waals surface area contributed by atoms with Crippen molar-refractivity contribution in [1.82, 2.24) is 5.32 Å². The molecule has 1 atom stereocenters. The van der Waals surface area contributed by atoms with Gasteiger partial charge in [0.2, 0.25) is 0 Å². The molecule has 0 aliphatic heterocycles. The molecule has 1 nitrogen and oxygen atoms in total. The van der Waals surface area contributed by atoms with Crippen molar-refractivity contribution < 1.29 is 0 Å². The van der Waals surface area contributed by atoms with E-state index in [4.69, 9.17) is 0 Å². The summed E-state index contributed by atoms with van der Waals surface area (Å²) in [6, 6.07) is 13.5. The third kappa shape index (κ3) is 3.37. The van der Waals surface area contributed by atoms with Gasteiger partial charge >= 0.3 is 0 Å². The molecular formula is C17H22BrN. The van der Waals surface area contributed by atoms with Gasteiger partial charge in [0.1, 0.15) is 0 Å². The second-order valence-electron chi connectivity index (χ2n) is 5.42. The molecule has 0 saturated heterocycles. The van der Waals surface area contributed by atoms with Crippen LogP contribution in [-0.4, -0.2) is 6.54 Å². The molecule has 0 amide bonds. The quantitative estimate of drug-likeness (QED) is 0.788. The molecule has 0 heterocycles. The number of halogens is 1. The van der Waals surface area contributed by atoms with Crippen LogP contribution in [0.4, 0.5) is 0 Å². The van der Waals surface area contributed by atoms with Crippen molar-refractivity contribution in [2.45, 2.75) is 33.2 Å². The SMILES string of the molecule is CCNC(CC(C)C)c1ccc(Br)c2ccccc12. The fraction of sp³-hybridized carbons (Fsp3) is 0.412. The minimum Gasteiger partial charge on any atom is -0.310 e. The van der Waals surface area contributed by atoms with Crippen LogP contribution in [0, 0.1) is 5.92 Å². The highest BCUT2D eigenvalue weighted by atomic mass is 79.9. The molecule has 0 saturated carbocycles. The monoisotopic (exact) mass is 319 g/mol. The summed E-state index contributed by atoms with van der Waals surface area (Å²) in [4.78, 5) is 0. The van der Waals surface area contributed by atoms with Crippen molar-refractivity contribution in [3.05, 3.63) is 46.4 Å². The van der Waals surface area contributed by atoms with Crippen molar-refractivity contribution in [3.63, 3.8) is 0 Å². The fourth-order valence-corrected chi connectivity index (χ4v) is 3.11. The van der Waals surface area contributed by atoms with Gasteiger partial charge in [0.05, 0.1) is 0 Å². The van der Waals surface area contributed by atoms with Gasteiger partial charge in [0.15, 0.2) is 0 Å². The first-order valence-corrected chi connectivity index (χ1v) is 7.83. The number of hydrogen-bond acceptors (Lipinski definition) is 1. The van der Waals surface area contributed by atoms with E-state index in [2.05, 4.69) is 78.4 Å². The molecule has 0 aliphatic rings. The van der Waals surface area contributed by atoms with Gasteiger partial charge in [-0.15, -0.1) is 0 Å². The molecule has 2 heteroatoms. The van der Waals surface area contributed by atoms with Crippen molar-refractivity contribution in [3.8, 4) is 0 Å². The average molecular weight is 320 g/mol. The maximum atomic E-state index is 3.65. The van der Waals surface area contributed by atoms with E-state index in [1.165, 1.54) is 27.2 Å². The van der Waals surface area contributed by atoms with Gasteiger partial charge in [0.25, 0.3) is 0 Å². The maximum Gasteiger partial charge on any atom is 0.0328 e. The Morgan fingerprint density at radius 2 is 1.74 bits per heavy atom. The Hall–Kier alpha value is -0.860. The second kappa shape index (κ2) is 6.53. The highest BCUT2D eigenvalue weighted by Crippen LogP contribution is 2.32. The third-order valence-corrected chi connectivity index (χ3v) is 4.13. The summed E-state index contributed by atoms with van der Waals surface area (Å²) in [6.45, 7) is 7.74. The number of fused-ring (bicyclic) bond motifs is 1. The number of rotatable bonds is 5. The van der Waals surface area contributed by atoms with Gasteiger partial charge in [0, 0.05) is 10.5 Å². The van der Waals surface area contributed by atoms with Gasteiger partial charge in [-0.3, -0.25) is 0 Å². The zero-order chi connectivity index (χ0) is 13.8. The van der Waals surface area contributed by atoms with E-state index in [1.54, 1.807) is 0 Å². The van der Waals surface area contributed by atoms with Crippen LogP contribution < -0.4 is 5.32 Å². The third-order valence-electron chi connectivity index (χ3n) is 3.44. The van der Waals surface area contributed by atoms with Crippen LogP contribution in [-0.2, 0) is 0 Å². The van der Waals surface area contributed by atoms with Crippen LogP contribution in [0.1, 0.15) is 38.8 Å². The molecule has 19 heavy (non-hydrogen) atoms. The van der Waals surface area contributed by atoms with E-state index in [-0.39, 0.29) is 0 Å². The minimum absolute atomic E-state index is 0.433. The predicted octanol–water partition coefficient (Wildman–Crippen LogP) is 5.30. The molecule has 0 radical (unpaired) electrons. The zero-order valence-corrected chi connectivity index (χ0v) is 13.5. The lowest BCUT2D eigenvalue weighted by molar-refractivity contribution is 0.440. The average Bonchev–Trinajstić information content (AvgIpc) is 2.39. The van der Waals surface area contributed by atoms with Crippen molar-refractivity contribution in [2.24, 2.45) is 5.92 Å². The number of hydrogen-bond donors (Lipinski definition) is 1. The summed E-state index contributed by atoms with van der Waals surface area (Å²) in [6.07, 6.45) is 1.17. The molecule has 0 aromatic heterocycles. The summed E-state index contributed by atoms with van der Waals surface area (Å²) in [5.41, 5.74) is 1.41. The Morgan fingerprint density at radius 1 is 1.05 bits per heavy atom. The van der Waals surface area contributed by atoms with Crippen LogP contribution in [0.5, 0.6) is 0 Å². The normalized spacial score (nSPS) is 13.1. The Labute approximate surface area is 124 Å². The first-order valence-electron chi connectivity index (χ1n) is 7.04. The first-order chi connectivity index (χ1) is 9.13. The Balaban J connectivity index is 2.50. The lowest BCUT2D eigenvalue weighted by Gasteiger charge is -2.22. The van der Waals surface area contributed by atoms with E-state index in [1.807, 2.05) is 0 Å². The molecule has 1 N–H and O–H groups in total. The standard InChI is InChI=1S/C17H22BrN/c1-4-19-17(11-12(2)3)15-9-10-16(18)14-8-6-5-7-13(14)15/h5-10,12,17,19H,4,11H2,1-3H3.